The van der Waals surface area contributed by atoms with Crippen LogP contribution in [0.5, 0.6) is 0 Å². The summed E-state index contributed by atoms with van der Waals surface area (Å²) < 4.78 is 0. The van der Waals surface area contributed by atoms with Crippen LogP contribution in [0.15, 0.2) is 9.98 Å². The molecule has 0 bridgehead atoms. The standard InChI is InChI=1S/C7H14N4/c1-2-6-7(9-4-3-8)11-5-10-6/h2-5,8H2,1H3,(H,9,11). The third-order valence-electron chi connectivity index (χ3n) is 1.54. The third-order valence-corrected chi connectivity index (χ3v) is 1.54. The van der Waals surface area contributed by atoms with Gasteiger partial charge < -0.3 is 11.1 Å². The first-order valence-electron chi connectivity index (χ1n) is 3.90. The van der Waals surface area contributed by atoms with E-state index in [1.165, 1.54) is 0 Å². The Labute approximate surface area is 66.6 Å². The average Bonchev–Trinajstić information content (AvgIpc) is 2.47. The zero-order valence-corrected chi connectivity index (χ0v) is 6.80. The SMILES string of the molecule is CCC1=NCN=C1NCCN. The lowest BCUT2D eigenvalue weighted by Crippen LogP contribution is -2.33. The van der Waals surface area contributed by atoms with E-state index in [2.05, 4.69) is 22.2 Å². The molecule has 0 fully saturated rings. The van der Waals surface area contributed by atoms with Crippen LogP contribution in [-0.2, 0) is 0 Å². The summed E-state index contributed by atoms with van der Waals surface area (Å²) in [6.07, 6.45) is 0.941. The molecule has 0 aromatic rings. The second kappa shape index (κ2) is 4.08. The molecule has 1 aliphatic rings. The zero-order valence-electron chi connectivity index (χ0n) is 6.80. The van der Waals surface area contributed by atoms with Crippen molar-refractivity contribution in [2.45, 2.75) is 13.3 Å². The molecule has 0 spiro atoms. The van der Waals surface area contributed by atoms with Gasteiger partial charge in [-0.2, -0.15) is 0 Å². The van der Waals surface area contributed by atoms with Crippen molar-refractivity contribution in [3.8, 4) is 0 Å². The lowest BCUT2D eigenvalue weighted by molar-refractivity contribution is 0.878. The monoisotopic (exact) mass is 154 g/mol. The highest BCUT2D eigenvalue weighted by atomic mass is 15.1. The van der Waals surface area contributed by atoms with Crippen LogP contribution in [-0.4, -0.2) is 31.3 Å². The van der Waals surface area contributed by atoms with Crippen LogP contribution in [0.4, 0.5) is 0 Å². The minimum absolute atomic E-state index is 0.579. The third kappa shape index (κ3) is 2.01. The Morgan fingerprint density at radius 2 is 2.36 bits per heavy atom. The van der Waals surface area contributed by atoms with Crippen LogP contribution in [0, 0.1) is 0 Å². The molecule has 1 aliphatic heterocycles. The average molecular weight is 154 g/mol. The highest BCUT2D eigenvalue weighted by Gasteiger charge is 2.09. The van der Waals surface area contributed by atoms with Gasteiger partial charge in [-0.25, -0.2) is 4.99 Å². The van der Waals surface area contributed by atoms with Crippen molar-refractivity contribution in [3.05, 3.63) is 0 Å². The van der Waals surface area contributed by atoms with Crippen molar-refractivity contribution >= 4 is 11.5 Å². The van der Waals surface area contributed by atoms with Gasteiger partial charge in [0.15, 0.2) is 0 Å². The molecule has 0 radical (unpaired) electrons. The fraction of sp³-hybridized carbons (Fsp3) is 0.714. The fourth-order valence-electron chi connectivity index (χ4n) is 0.985. The summed E-state index contributed by atoms with van der Waals surface area (Å²) in [5.74, 6) is 0.929. The van der Waals surface area contributed by atoms with Crippen molar-refractivity contribution in [1.82, 2.24) is 5.32 Å². The van der Waals surface area contributed by atoms with Crippen LogP contribution in [0.3, 0.4) is 0 Å². The van der Waals surface area contributed by atoms with Gasteiger partial charge in [0.05, 0.1) is 5.71 Å². The summed E-state index contributed by atoms with van der Waals surface area (Å²) in [6.45, 7) is 4.06. The molecule has 1 rings (SSSR count). The number of hydrogen-bond donors (Lipinski definition) is 2. The van der Waals surface area contributed by atoms with Crippen LogP contribution >= 0.6 is 0 Å². The molecule has 0 saturated heterocycles. The quantitative estimate of drug-likeness (QED) is 0.589. The highest BCUT2D eigenvalue weighted by Crippen LogP contribution is 1.96. The highest BCUT2D eigenvalue weighted by molar-refractivity contribution is 6.42. The number of aliphatic imine (C=N–C) groups is 2. The number of hydrogen-bond acceptors (Lipinski definition) is 4. The molecule has 0 atom stereocenters. The van der Waals surface area contributed by atoms with Crippen molar-refractivity contribution in [2.24, 2.45) is 15.7 Å². The van der Waals surface area contributed by atoms with Gasteiger partial charge in [-0.1, -0.05) is 6.92 Å². The second-order valence-electron chi connectivity index (χ2n) is 2.32. The maximum atomic E-state index is 5.34. The zero-order chi connectivity index (χ0) is 8.10. The topological polar surface area (TPSA) is 62.8 Å². The molecule has 0 aromatic heterocycles. The Morgan fingerprint density at radius 1 is 1.55 bits per heavy atom. The van der Waals surface area contributed by atoms with E-state index in [1.54, 1.807) is 0 Å². The van der Waals surface area contributed by atoms with Gasteiger partial charge in [-0.05, 0) is 6.42 Å². The Kier molecular flexibility index (Phi) is 3.04. The van der Waals surface area contributed by atoms with Gasteiger partial charge >= 0.3 is 0 Å². The van der Waals surface area contributed by atoms with E-state index in [9.17, 15) is 0 Å². The van der Waals surface area contributed by atoms with E-state index in [0.29, 0.717) is 13.2 Å². The Hall–Kier alpha value is -0.900. The number of amidine groups is 1. The van der Waals surface area contributed by atoms with Gasteiger partial charge in [-0.15, -0.1) is 0 Å². The molecule has 62 valence electrons. The molecule has 0 saturated carbocycles. The molecule has 1 heterocycles. The van der Waals surface area contributed by atoms with Crippen LogP contribution in [0.1, 0.15) is 13.3 Å². The van der Waals surface area contributed by atoms with Crippen LogP contribution in [0.2, 0.25) is 0 Å². The number of rotatable bonds is 3. The number of nitrogens with zero attached hydrogens (tertiary/aromatic N) is 2. The van der Waals surface area contributed by atoms with Gasteiger partial charge in [0.2, 0.25) is 0 Å². The molecular formula is C7H14N4. The molecule has 0 amide bonds. The molecule has 4 nitrogen and oxygen atoms in total. The summed E-state index contributed by atoms with van der Waals surface area (Å²) in [4.78, 5) is 8.37. The maximum absolute atomic E-state index is 5.34. The summed E-state index contributed by atoms with van der Waals surface area (Å²) in [7, 11) is 0. The lowest BCUT2D eigenvalue weighted by atomic mass is 10.3. The van der Waals surface area contributed by atoms with E-state index in [0.717, 1.165) is 24.5 Å². The number of nitrogens with one attached hydrogen (secondary N) is 1. The predicted octanol–water partition coefficient (Wildman–Crippen LogP) is -0.245. The van der Waals surface area contributed by atoms with E-state index < -0.39 is 0 Å². The van der Waals surface area contributed by atoms with Gasteiger partial charge in [-0.3, -0.25) is 4.99 Å². The van der Waals surface area contributed by atoms with E-state index >= 15 is 0 Å². The minimum Gasteiger partial charge on any atom is -0.368 e. The maximum Gasteiger partial charge on any atom is 0.144 e. The van der Waals surface area contributed by atoms with Gasteiger partial charge in [0, 0.05) is 13.1 Å². The van der Waals surface area contributed by atoms with Crippen molar-refractivity contribution in [2.75, 3.05) is 19.8 Å². The summed E-state index contributed by atoms with van der Waals surface area (Å²) in [5, 5.41) is 3.13. The number of nitrogens with two attached hydrogens (primary N) is 1. The molecule has 0 aliphatic carbocycles. The fourth-order valence-corrected chi connectivity index (χ4v) is 0.985. The first-order chi connectivity index (χ1) is 5.38. The molecule has 3 N–H and O–H groups in total. The molecule has 0 unspecified atom stereocenters. The Bertz CT molecular complexity index is 183. The van der Waals surface area contributed by atoms with Crippen molar-refractivity contribution in [1.29, 1.82) is 0 Å². The summed E-state index contributed by atoms with van der Waals surface area (Å²) >= 11 is 0. The largest absolute Gasteiger partial charge is 0.368 e. The van der Waals surface area contributed by atoms with Crippen molar-refractivity contribution in [3.63, 3.8) is 0 Å². The first kappa shape index (κ1) is 8.20. The molecule has 0 aromatic carbocycles. The lowest BCUT2D eigenvalue weighted by Gasteiger charge is -2.04. The smallest absolute Gasteiger partial charge is 0.144 e. The normalized spacial score (nSPS) is 16.2. The van der Waals surface area contributed by atoms with E-state index in [-0.39, 0.29) is 0 Å². The van der Waals surface area contributed by atoms with Gasteiger partial charge in [0.25, 0.3) is 0 Å². The molecule has 4 heteroatoms. The summed E-state index contributed by atoms with van der Waals surface area (Å²) in [6, 6.07) is 0. The first-order valence-corrected chi connectivity index (χ1v) is 3.90. The van der Waals surface area contributed by atoms with Crippen LogP contribution in [0.25, 0.3) is 0 Å². The Balaban J connectivity index is 2.39. The minimum atomic E-state index is 0.579. The molecular weight excluding hydrogens is 140 g/mol. The van der Waals surface area contributed by atoms with Gasteiger partial charge in [0.1, 0.15) is 12.5 Å². The van der Waals surface area contributed by atoms with Crippen LogP contribution < -0.4 is 11.1 Å². The van der Waals surface area contributed by atoms with E-state index in [4.69, 9.17) is 5.73 Å². The predicted molar refractivity (Wildman–Crippen MR) is 47.1 cm³/mol. The Morgan fingerprint density at radius 3 is 3.00 bits per heavy atom. The second-order valence-corrected chi connectivity index (χ2v) is 2.32. The summed E-state index contributed by atoms with van der Waals surface area (Å²) in [5.41, 5.74) is 6.40. The molecule has 11 heavy (non-hydrogen) atoms. The van der Waals surface area contributed by atoms with E-state index in [1.807, 2.05) is 0 Å². The van der Waals surface area contributed by atoms with Crippen molar-refractivity contribution < 1.29 is 0 Å².